The number of hydrogen-bond donors (Lipinski definition) is 0. The van der Waals surface area contributed by atoms with Crippen LogP contribution in [0, 0.1) is 5.82 Å². The number of carbonyl (C=O) groups excluding carboxylic acids is 1. The van der Waals surface area contributed by atoms with Gasteiger partial charge in [0.05, 0.1) is 18.7 Å². The van der Waals surface area contributed by atoms with E-state index >= 15 is 0 Å². The van der Waals surface area contributed by atoms with E-state index in [0.29, 0.717) is 16.6 Å². The van der Waals surface area contributed by atoms with Crippen molar-refractivity contribution in [1.82, 2.24) is 4.90 Å². The van der Waals surface area contributed by atoms with Gasteiger partial charge in [-0.15, -0.1) is 0 Å². The van der Waals surface area contributed by atoms with Gasteiger partial charge in [0, 0.05) is 11.0 Å². The Kier molecular flexibility index (Phi) is 4.66. The second-order valence-electron chi connectivity index (χ2n) is 5.56. The first-order valence-corrected chi connectivity index (χ1v) is 8.29. The molecule has 0 aliphatic carbocycles. The zero-order valence-corrected chi connectivity index (χ0v) is 14.3. The lowest BCUT2D eigenvalue weighted by molar-refractivity contribution is 0.0734. The number of carbonyl (C=O) groups is 1. The zero-order chi connectivity index (χ0) is 16.4. The van der Waals surface area contributed by atoms with Crippen LogP contribution in [-0.2, 0) is 0 Å². The summed E-state index contributed by atoms with van der Waals surface area (Å²) in [5.74, 6) is 0.212. The number of amides is 1. The van der Waals surface area contributed by atoms with E-state index in [1.807, 2.05) is 29.2 Å². The lowest BCUT2D eigenvalue weighted by atomic mass is 10.0. The normalized spacial score (nSPS) is 17.3. The van der Waals surface area contributed by atoms with E-state index in [1.54, 1.807) is 13.2 Å². The van der Waals surface area contributed by atoms with Crippen LogP contribution in [0.5, 0.6) is 5.75 Å². The number of ether oxygens (including phenoxy) is 1. The number of likely N-dealkylation sites (tertiary alicyclic amines) is 1. The van der Waals surface area contributed by atoms with Gasteiger partial charge in [-0.2, -0.15) is 0 Å². The molecule has 0 bridgehead atoms. The zero-order valence-electron chi connectivity index (χ0n) is 12.8. The van der Waals surface area contributed by atoms with Crippen molar-refractivity contribution in [3.63, 3.8) is 0 Å². The first-order chi connectivity index (χ1) is 11.1. The largest absolute Gasteiger partial charge is 0.497 e. The predicted octanol–water partition coefficient (Wildman–Crippen LogP) is 4.57. The van der Waals surface area contributed by atoms with Gasteiger partial charge in [-0.3, -0.25) is 4.79 Å². The molecule has 23 heavy (non-hydrogen) atoms. The summed E-state index contributed by atoms with van der Waals surface area (Å²) < 4.78 is 19.4. The van der Waals surface area contributed by atoms with Crippen LogP contribution in [0.4, 0.5) is 4.39 Å². The monoisotopic (exact) mass is 377 g/mol. The fourth-order valence-electron chi connectivity index (χ4n) is 3.02. The van der Waals surface area contributed by atoms with Gasteiger partial charge in [-0.25, -0.2) is 4.39 Å². The predicted molar refractivity (Wildman–Crippen MR) is 90.1 cm³/mol. The van der Waals surface area contributed by atoms with Gasteiger partial charge in [-0.1, -0.05) is 12.1 Å². The van der Waals surface area contributed by atoms with E-state index in [9.17, 15) is 9.18 Å². The SMILES string of the molecule is COc1cccc([C@H]2CCCN2C(=O)c2cc(F)ccc2Br)c1. The van der Waals surface area contributed by atoms with Gasteiger partial charge in [0.1, 0.15) is 11.6 Å². The summed E-state index contributed by atoms with van der Waals surface area (Å²) in [4.78, 5) is 14.7. The van der Waals surface area contributed by atoms with Crippen LogP contribution in [0.2, 0.25) is 0 Å². The van der Waals surface area contributed by atoms with Crippen LogP contribution in [0.15, 0.2) is 46.9 Å². The van der Waals surface area contributed by atoms with Gasteiger partial charge >= 0.3 is 0 Å². The molecule has 1 atom stereocenters. The van der Waals surface area contributed by atoms with E-state index in [-0.39, 0.29) is 11.9 Å². The molecule has 0 unspecified atom stereocenters. The molecular formula is C18H17BrFNO2. The summed E-state index contributed by atoms with van der Waals surface area (Å²) in [7, 11) is 1.63. The smallest absolute Gasteiger partial charge is 0.255 e. The summed E-state index contributed by atoms with van der Waals surface area (Å²) >= 11 is 3.34. The van der Waals surface area contributed by atoms with Crippen molar-refractivity contribution < 1.29 is 13.9 Å². The van der Waals surface area contributed by atoms with Crippen LogP contribution in [0.1, 0.15) is 34.8 Å². The van der Waals surface area contributed by atoms with Gasteiger partial charge in [0.25, 0.3) is 5.91 Å². The Morgan fingerprint density at radius 1 is 1.30 bits per heavy atom. The molecule has 1 saturated heterocycles. The molecule has 2 aromatic carbocycles. The van der Waals surface area contributed by atoms with Crippen molar-refractivity contribution in [2.45, 2.75) is 18.9 Å². The number of methoxy groups -OCH3 is 1. The molecule has 1 fully saturated rings. The van der Waals surface area contributed by atoms with Crippen molar-refractivity contribution in [3.05, 3.63) is 63.9 Å². The molecule has 120 valence electrons. The molecular weight excluding hydrogens is 361 g/mol. The van der Waals surface area contributed by atoms with Crippen molar-refractivity contribution in [3.8, 4) is 5.75 Å². The Balaban J connectivity index is 1.91. The van der Waals surface area contributed by atoms with E-state index < -0.39 is 5.82 Å². The van der Waals surface area contributed by atoms with Crippen LogP contribution in [0.3, 0.4) is 0 Å². The Bertz CT molecular complexity index is 735. The van der Waals surface area contributed by atoms with Gasteiger partial charge < -0.3 is 9.64 Å². The van der Waals surface area contributed by atoms with Gasteiger partial charge in [0.15, 0.2) is 0 Å². The third-order valence-corrected chi connectivity index (χ3v) is 4.84. The highest BCUT2D eigenvalue weighted by atomic mass is 79.9. The van der Waals surface area contributed by atoms with Crippen molar-refractivity contribution in [1.29, 1.82) is 0 Å². The average Bonchev–Trinajstić information content (AvgIpc) is 3.06. The molecule has 1 heterocycles. The van der Waals surface area contributed by atoms with E-state index in [4.69, 9.17) is 4.74 Å². The number of rotatable bonds is 3. The van der Waals surface area contributed by atoms with E-state index in [0.717, 1.165) is 24.2 Å². The minimum absolute atomic E-state index is 0.00670. The number of nitrogens with zero attached hydrogens (tertiary/aromatic N) is 1. The average molecular weight is 378 g/mol. The molecule has 3 nitrogen and oxygen atoms in total. The lowest BCUT2D eigenvalue weighted by Gasteiger charge is -2.26. The number of halogens is 2. The Morgan fingerprint density at radius 3 is 2.91 bits per heavy atom. The second kappa shape index (κ2) is 6.71. The first kappa shape index (κ1) is 16.0. The highest BCUT2D eigenvalue weighted by molar-refractivity contribution is 9.10. The Morgan fingerprint density at radius 2 is 2.13 bits per heavy atom. The molecule has 1 amide bonds. The molecule has 1 aliphatic heterocycles. The van der Waals surface area contributed by atoms with Crippen LogP contribution in [0.25, 0.3) is 0 Å². The highest BCUT2D eigenvalue weighted by Gasteiger charge is 2.31. The maximum atomic E-state index is 13.5. The molecule has 0 aromatic heterocycles. The second-order valence-corrected chi connectivity index (χ2v) is 6.41. The molecule has 1 aliphatic rings. The maximum absolute atomic E-state index is 13.5. The standard InChI is InChI=1S/C18H17BrFNO2/c1-23-14-5-2-4-12(10-14)17-6-3-9-21(17)18(22)15-11-13(20)7-8-16(15)19/h2,4-5,7-8,10-11,17H,3,6,9H2,1H3/t17-/m1/s1. The molecule has 2 aromatic rings. The third-order valence-electron chi connectivity index (χ3n) is 4.15. The summed E-state index contributed by atoms with van der Waals surface area (Å²) in [5.41, 5.74) is 1.41. The summed E-state index contributed by atoms with van der Waals surface area (Å²) in [6, 6.07) is 11.9. The van der Waals surface area contributed by atoms with Crippen LogP contribution < -0.4 is 4.74 Å². The highest BCUT2D eigenvalue weighted by Crippen LogP contribution is 2.35. The summed E-state index contributed by atoms with van der Waals surface area (Å²) in [6.45, 7) is 0.670. The molecule has 0 spiro atoms. The topological polar surface area (TPSA) is 29.5 Å². The van der Waals surface area contributed by atoms with Crippen molar-refractivity contribution >= 4 is 21.8 Å². The maximum Gasteiger partial charge on any atom is 0.255 e. The van der Waals surface area contributed by atoms with Crippen molar-refractivity contribution in [2.75, 3.05) is 13.7 Å². The summed E-state index contributed by atoms with van der Waals surface area (Å²) in [6.07, 6.45) is 1.83. The fourth-order valence-corrected chi connectivity index (χ4v) is 3.44. The molecule has 0 N–H and O–H groups in total. The van der Waals surface area contributed by atoms with Crippen LogP contribution >= 0.6 is 15.9 Å². The van der Waals surface area contributed by atoms with Crippen molar-refractivity contribution in [2.24, 2.45) is 0 Å². The van der Waals surface area contributed by atoms with Gasteiger partial charge in [-0.05, 0) is 64.7 Å². The number of hydrogen-bond acceptors (Lipinski definition) is 2. The molecule has 3 rings (SSSR count). The Hall–Kier alpha value is -1.88. The first-order valence-electron chi connectivity index (χ1n) is 7.50. The van der Waals surface area contributed by atoms with Crippen LogP contribution in [-0.4, -0.2) is 24.5 Å². The third kappa shape index (κ3) is 3.24. The fraction of sp³-hybridized carbons (Fsp3) is 0.278. The molecule has 0 saturated carbocycles. The minimum atomic E-state index is -0.409. The Labute approximate surface area is 143 Å². The molecule has 5 heteroatoms. The van der Waals surface area contributed by atoms with E-state index in [2.05, 4.69) is 15.9 Å². The number of benzene rings is 2. The summed E-state index contributed by atoms with van der Waals surface area (Å²) in [5, 5.41) is 0. The van der Waals surface area contributed by atoms with E-state index in [1.165, 1.54) is 12.1 Å². The van der Waals surface area contributed by atoms with Gasteiger partial charge in [0.2, 0.25) is 0 Å². The quantitative estimate of drug-likeness (QED) is 0.783. The lowest BCUT2D eigenvalue weighted by Crippen LogP contribution is -2.30. The minimum Gasteiger partial charge on any atom is -0.497 e. The molecule has 0 radical (unpaired) electrons.